The third kappa shape index (κ3) is 2.73. The Morgan fingerprint density at radius 2 is 1.92 bits per heavy atom. The molecule has 3 heterocycles. The van der Waals surface area contributed by atoms with Crippen molar-refractivity contribution in [2.45, 2.75) is 13.5 Å². The predicted molar refractivity (Wildman–Crippen MR) is 97.2 cm³/mol. The lowest BCUT2D eigenvalue weighted by molar-refractivity contribution is 0.782. The molecule has 1 aromatic carbocycles. The Labute approximate surface area is 145 Å². The molecular weight excluding hydrogens is 314 g/mol. The molecule has 126 valence electrons. The molecule has 25 heavy (non-hydrogen) atoms. The van der Waals surface area contributed by atoms with Crippen LogP contribution in [0.4, 0.5) is 5.82 Å². The minimum atomic E-state index is 0.682. The van der Waals surface area contributed by atoms with E-state index in [2.05, 4.69) is 42.3 Å². The topological polar surface area (TPSA) is 75.5 Å². The predicted octanol–water partition coefficient (Wildman–Crippen LogP) is 2.70. The van der Waals surface area contributed by atoms with Crippen LogP contribution in [0.3, 0.4) is 0 Å². The average molecular weight is 333 g/mol. The monoisotopic (exact) mass is 333 g/mol. The summed E-state index contributed by atoms with van der Waals surface area (Å²) in [6.45, 7) is 2.58. The molecule has 0 aliphatic rings. The molecular formula is C18H19N7. The van der Waals surface area contributed by atoms with Crippen LogP contribution in [0.5, 0.6) is 0 Å². The summed E-state index contributed by atoms with van der Waals surface area (Å²) in [5.74, 6) is 1.60. The molecule has 3 aromatic heterocycles. The van der Waals surface area contributed by atoms with Crippen molar-refractivity contribution in [2.24, 2.45) is 7.05 Å². The van der Waals surface area contributed by atoms with Gasteiger partial charge in [0, 0.05) is 26.2 Å². The lowest BCUT2D eigenvalue weighted by Crippen LogP contribution is -2.19. The summed E-state index contributed by atoms with van der Waals surface area (Å²) in [5, 5.41) is 12.6. The Morgan fingerprint density at radius 1 is 1.12 bits per heavy atom. The first-order chi connectivity index (χ1) is 12.1. The Kier molecular flexibility index (Phi) is 3.68. The summed E-state index contributed by atoms with van der Waals surface area (Å²) in [7, 11) is 3.91. The fourth-order valence-electron chi connectivity index (χ4n) is 3.02. The minimum absolute atomic E-state index is 0.682. The molecule has 0 saturated heterocycles. The van der Waals surface area contributed by atoms with E-state index >= 15 is 0 Å². The maximum absolute atomic E-state index is 4.63. The number of H-pyrrole nitrogens is 1. The van der Waals surface area contributed by atoms with Crippen LogP contribution in [0, 0.1) is 6.92 Å². The standard InChI is InChI=1S/C18H19N7/c1-12-21-17(15-10-20-25(3)18(15)22-12)24(2)11-14-9-19-23-16(14)13-7-5-4-6-8-13/h4-10H,11H2,1-3H3,(H,19,23). The molecule has 1 N–H and O–H groups in total. The second-order valence-corrected chi connectivity index (χ2v) is 6.09. The van der Waals surface area contributed by atoms with Crippen LogP contribution in [0.2, 0.25) is 0 Å². The van der Waals surface area contributed by atoms with Crippen LogP contribution in [0.25, 0.3) is 22.3 Å². The van der Waals surface area contributed by atoms with Crippen molar-refractivity contribution in [1.29, 1.82) is 0 Å². The summed E-state index contributed by atoms with van der Waals surface area (Å²) in [5.41, 5.74) is 4.10. The maximum Gasteiger partial charge on any atom is 0.163 e. The normalized spacial score (nSPS) is 11.2. The molecule has 0 bridgehead atoms. The van der Waals surface area contributed by atoms with Crippen molar-refractivity contribution in [3.8, 4) is 11.3 Å². The number of hydrogen-bond acceptors (Lipinski definition) is 5. The van der Waals surface area contributed by atoms with Gasteiger partial charge in [-0.05, 0) is 12.5 Å². The molecule has 0 radical (unpaired) electrons. The van der Waals surface area contributed by atoms with Gasteiger partial charge in [-0.15, -0.1) is 0 Å². The van der Waals surface area contributed by atoms with E-state index in [-0.39, 0.29) is 0 Å². The van der Waals surface area contributed by atoms with Gasteiger partial charge in [-0.2, -0.15) is 10.2 Å². The van der Waals surface area contributed by atoms with Gasteiger partial charge in [-0.25, -0.2) is 9.97 Å². The Hall–Kier alpha value is -3.22. The Bertz CT molecular complexity index is 1020. The third-order valence-corrected chi connectivity index (χ3v) is 4.23. The smallest absolute Gasteiger partial charge is 0.163 e. The largest absolute Gasteiger partial charge is 0.354 e. The van der Waals surface area contributed by atoms with Crippen LogP contribution in [-0.2, 0) is 13.6 Å². The van der Waals surface area contributed by atoms with E-state index in [1.54, 1.807) is 4.68 Å². The van der Waals surface area contributed by atoms with Gasteiger partial charge in [0.05, 0.1) is 23.5 Å². The van der Waals surface area contributed by atoms with Crippen LogP contribution in [0.15, 0.2) is 42.7 Å². The maximum atomic E-state index is 4.63. The first kappa shape index (κ1) is 15.3. The average Bonchev–Trinajstić information content (AvgIpc) is 3.22. The van der Waals surface area contributed by atoms with E-state index in [0.717, 1.165) is 39.5 Å². The van der Waals surface area contributed by atoms with Crippen molar-refractivity contribution < 1.29 is 0 Å². The number of rotatable bonds is 4. The van der Waals surface area contributed by atoms with Crippen molar-refractivity contribution >= 4 is 16.9 Å². The van der Waals surface area contributed by atoms with Crippen LogP contribution < -0.4 is 4.90 Å². The SMILES string of the molecule is Cc1nc(N(C)Cc2cn[nH]c2-c2ccccc2)c2cnn(C)c2n1. The second-order valence-electron chi connectivity index (χ2n) is 6.09. The number of nitrogens with zero attached hydrogens (tertiary/aromatic N) is 6. The Morgan fingerprint density at radius 3 is 2.72 bits per heavy atom. The number of fused-ring (bicyclic) bond motifs is 1. The lowest BCUT2D eigenvalue weighted by atomic mass is 10.1. The quantitative estimate of drug-likeness (QED) is 0.621. The molecule has 7 nitrogen and oxygen atoms in total. The summed E-state index contributed by atoms with van der Waals surface area (Å²) in [6.07, 6.45) is 3.68. The third-order valence-electron chi connectivity index (χ3n) is 4.23. The zero-order valence-corrected chi connectivity index (χ0v) is 14.4. The molecule has 4 rings (SSSR count). The number of hydrogen-bond donors (Lipinski definition) is 1. The minimum Gasteiger partial charge on any atom is -0.354 e. The second kappa shape index (κ2) is 6.01. The highest BCUT2D eigenvalue weighted by atomic mass is 15.3. The molecule has 0 spiro atoms. The van der Waals surface area contributed by atoms with Crippen molar-refractivity contribution in [1.82, 2.24) is 29.9 Å². The fourth-order valence-corrected chi connectivity index (χ4v) is 3.02. The van der Waals surface area contributed by atoms with Crippen LogP contribution in [-0.4, -0.2) is 37.0 Å². The van der Waals surface area contributed by atoms with Gasteiger partial charge in [0.25, 0.3) is 0 Å². The van der Waals surface area contributed by atoms with Crippen LogP contribution in [0.1, 0.15) is 11.4 Å². The molecule has 0 fully saturated rings. The first-order valence-electron chi connectivity index (χ1n) is 8.08. The lowest BCUT2D eigenvalue weighted by Gasteiger charge is -2.19. The molecule has 0 aliphatic heterocycles. The van der Waals surface area contributed by atoms with Gasteiger partial charge in [0.15, 0.2) is 5.65 Å². The summed E-state index contributed by atoms with van der Waals surface area (Å²) in [4.78, 5) is 11.2. The molecule has 4 aromatic rings. The number of anilines is 1. The zero-order chi connectivity index (χ0) is 17.4. The number of benzene rings is 1. The van der Waals surface area contributed by atoms with E-state index in [0.29, 0.717) is 6.54 Å². The summed E-state index contributed by atoms with van der Waals surface area (Å²) >= 11 is 0. The van der Waals surface area contributed by atoms with E-state index in [1.165, 1.54) is 0 Å². The van der Waals surface area contributed by atoms with Crippen molar-refractivity contribution in [3.63, 3.8) is 0 Å². The van der Waals surface area contributed by atoms with E-state index < -0.39 is 0 Å². The van der Waals surface area contributed by atoms with Gasteiger partial charge in [-0.1, -0.05) is 30.3 Å². The van der Waals surface area contributed by atoms with Gasteiger partial charge in [-0.3, -0.25) is 9.78 Å². The highest BCUT2D eigenvalue weighted by Gasteiger charge is 2.16. The highest BCUT2D eigenvalue weighted by Crippen LogP contribution is 2.26. The first-order valence-corrected chi connectivity index (χ1v) is 8.08. The number of aromatic nitrogens is 6. The van der Waals surface area contributed by atoms with Gasteiger partial charge >= 0.3 is 0 Å². The van der Waals surface area contributed by atoms with Crippen LogP contribution >= 0.6 is 0 Å². The summed E-state index contributed by atoms with van der Waals surface area (Å²) < 4.78 is 1.77. The van der Waals surface area contributed by atoms with Crippen molar-refractivity contribution in [2.75, 3.05) is 11.9 Å². The van der Waals surface area contributed by atoms with E-state index in [9.17, 15) is 0 Å². The molecule has 0 saturated carbocycles. The van der Waals surface area contributed by atoms with E-state index in [1.807, 2.05) is 51.6 Å². The molecule has 0 amide bonds. The number of aryl methyl sites for hydroxylation is 2. The van der Waals surface area contributed by atoms with E-state index in [4.69, 9.17) is 0 Å². The molecule has 0 atom stereocenters. The van der Waals surface area contributed by atoms with Gasteiger partial charge < -0.3 is 4.90 Å². The number of aromatic amines is 1. The molecule has 0 unspecified atom stereocenters. The highest BCUT2D eigenvalue weighted by molar-refractivity contribution is 5.86. The van der Waals surface area contributed by atoms with Gasteiger partial charge in [0.2, 0.25) is 0 Å². The molecule has 0 aliphatic carbocycles. The summed E-state index contributed by atoms with van der Waals surface area (Å²) in [6, 6.07) is 10.2. The Balaban J connectivity index is 1.70. The zero-order valence-electron chi connectivity index (χ0n) is 14.4. The van der Waals surface area contributed by atoms with Crippen molar-refractivity contribution in [3.05, 3.63) is 54.1 Å². The molecule has 7 heteroatoms. The number of nitrogens with one attached hydrogen (secondary N) is 1. The fraction of sp³-hybridized carbons (Fsp3) is 0.222. The van der Waals surface area contributed by atoms with Gasteiger partial charge in [0.1, 0.15) is 11.6 Å².